The van der Waals surface area contributed by atoms with Crippen molar-refractivity contribution in [3.8, 4) is 11.5 Å². The van der Waals surface area contributed by atoms with E-state index in [4.69, 9.17) is 24.1 Å². The normalized spacial score (nSPS) is 16.8. The summed E-state index contributed by atoms with van der Waals surface area (Å²) in [5.41, 5.74) is -0.882. The van der Waals surface area contributed by atoms with Gasteiger partial charge in [-0.1, -0.05) is 45.5 Å². The van der Waals surface area contributed by atoms with Crippen molar-refractivity contribution >= 4 is 35.4 Å². The zero-order chi connectivity index (χ0) is 38.6. The van der Waals surface area contributed by atoms with Gasteiger partial charge in [-0.2, -0.15) is 0 Å². The molecular weight excluding hydrogens is 676 g/mol. The number of aliphatic hydroxyl groups excluding tert-OH is 2. The van der Waals surface area contributed by atoms with E-state index in [0.29, 0.717) is 36.3 Å². The molecule has 0 radical (unpaired) electrons. The number of methoxy groups -OCH3 is 2. The summed E-state index contributed by atoms with van der Waals surface area (Å²) in [6, 6.07) is 10.9. The summed E-state index contributed by atoms with van der Waals surface area (Å²) in [5.74, 6) is -3.28. The number of nitrogens with one attached hydrogen (secondary N) is 1. The molecule has 4 atom stereocenters. The second-order valence-electron chi connectivity index (χ2n) is 13.4. The Kier molecular flexibility index (Phi) is 14.8. The quantitative estimate of drug-likeness (QED) is 0.128. The number of carboxylic acid groups (broad SMARTS) is 1. The largest absolute Gasteiger partial charge is 0.493 e. The smallest absolute Gasteiger partial charge is 0.330 e. The zero-order valence-corrected chi connectivity index (χ0v) is 30.4. The third-order valence-corrected chi connectivity index (χ3v) is 9.24. The fourth-order valence-corrected chi connectivity index (χ4v) is 6.04. The fraction of sp³-hybridized carbons (Fsp3) is 0.500. The molecule has 1 aliphatic rings. The number of hydrogen-bond acceptors (Lipinski definition) is 11. The van der Waals surface area contributed by atoms with Crippen molar-refractivity contribution in [1.82, 2.24) is 4.90 Å². The lowest BCUT2D eigenvalue weighted by Crippen LogP contribution is -2.56. The number of amides is 2. The molecule has 14 heteroatoms. The van der Waals surface area contributed by atoms with Crippen molar-refractivity contribution < 1.29 is 58.2 Å². The average Bonchev–Trinajstić information content (AvgIpc) is 3.14. The van der Waals surface area contributed by atoms with Crippen LogP contribution in [0.4, 0.5) is 5.69 Å². The van der Waals surface area contributed by atoms with Crippen LogP contribution in [-0.4, -0.2) is 95.6 Å². The molecule has 1 aliphatic heterocycles. The van der Waals surface area contributed by atoms with Crippen LogP contribution in [0.15, 0.2) is 55.1 Å². The van der Waals surface area contributed by atoms with E-state index in [2.05, 4.69) is 11.9 Å². The number of likely N-dealkylation sites (tertiary alicyclic amines) is 1. The Morgan fingerprint density at radius 1 is 1.04 bits per heavy atom. The van der Waals surface area contributed by atoms with E-state index in [1.807, 2.05) is 19.1 Å². The maximum atomic E-state index is 14.3. The van der Waals surface area contributed by atoms with Crippen LogP contribution in [0, 0.1) is 5.41 Å². The number of aryl methyl sites for hydroxylation is 1. The van der Waals surface area contributed by atoms with Crippen LogP contribution < -0.4 is 14.8 Å². The fourth-order valence-electron chi connectivity index (χ4n) is 6.04. The minimum atomic E-state index is -1.79. The summed E-state index contributed by atoms with van der Waals surface area (Å²) in [6.45, 7) is 8.28. The van der Waals surface area contributed by atoms with Gasteiger partial charge in [0, 0.05) is 23.7 Å². The highest BCUT2D eigenvalue weighted by Crippen LogP contribution is 2.39. The molecule has 1 unspecified atom stereocenters. The number of ether oxygens (including phenoxy) is 4. The average molecular weight is 727 g/mol. The Bertz CT molecular complexity index is 1610. The maximum absolute atomic E-state index is 14.3. The molecule has 1 heterocycles. The van der Waals surface area contributed by atoms with Gasteiger partial charge in [-0.3, -0.25) is 14.4 Å². The number of esters is 2. The van der Waals surface area contributed by atoms with Crippen LogP contribution >= 0.6 is 0 Å². The maximum Gasteiger partial charge on any atom is 0.330 e. The number of carbonyl (C=O) groups excluding carboxylic acids is 4. The Morgan fingerprint density at radius 2 is 1.75 bits per heavy atom. The van der Waals surface area contributed by atoms with Gasteiger partial charge >= 0.3 is 17.9 Å². The molecule has 4 N–H and O–H groups in total. The molecule has 2 aromatic rings. The SMILES string of the molecule is C=CC(=O)OCC(C)(C)C(O)C(=O)N1CCCC[C@H]1C(=O)O[C@](CC)(CCc1ccc(OC)c(OC)c1)c1cccc(NC(=O)[C@@H](O)CC(=O)O)c1. The van der Waals surface area contributed by atoms with E-state index >= 15 is 0 Å². The van der Waals surface area contributed by atoms with E-state index in [9.17, 15) is 34.2 Å². The summed E-state index contributed by atoms with van der Waals surface area (Å²) >= 11 is 0. The predicted octanol–water partition coefficient (Wildman–Crippen LogP) is 3.76. The van der Waals surface area contributed by atoms with Gasteiger partial charge in [0.1, 0.15) is 23.9 Å². The zero-order valence-electron chi connectivity index (χ0n) is 30.4. The number of aliphatic hydroxyl groups is 2. The van der Waals surface area contributed by atoms with E-state index in [1.54, 1.807) is 44.2 Å². The highest BCUT2D eigenvalue weighted by molar-refractivity contribution is 5.96. The summed E-state index contributed by atoms with van der Waals surface area (Å²) in [7, 11) is 3.05. The molecule has 0 bridgehead atoms. The molecule has 284 valence electrons. The van der Waals surface area contributed by atoms with Gasteiger partial charge in [-0.05, 0) is 73.9 Å². The molecule has 1 saturated heterocycles. The number of aliphatic carboxylic acids is 1. The summed E-state index contributed by atoms with van der Waals surface area (Å²) < 4.78 is 22.4. The molecule has 0 aromatic heterocycles. The first kappa shape index (κ1) is 41.5. The third-order valence-electron chi connectivity index (χ3n) is 9.24. The van der Waals surface area contributed by atoms with Crippen molar-refractivity contribution in [2.45, 2.75) is 89.6 Å². The molecule has 3 rings (SSSR count). The number of anilines is 1. The van der Waals surface area contributed by atoms with Crippen LogP contribution in [0.2, 0.25) is 0 Å². The highest BCUT2D eigenvalue weighted by atomic mass is 16.6. The monoisotopic (exact) mass is 726 g/mol. The summed E-state index contributed by atoms with van der Waals surface area (Å²) in [5, 5.41) is 32.7. The van der Waals surface area contributed by atoms with Crippen molar-refractivity contribution in [2.24, 2.45) is 5.41 Å². The Labute approximate surface area is 303 Å². The van der Waals surface area contributed by atoms with E-state index < -0.39 is 65.4 Å². The van der Waals surface area contributed by atoms with Gasteiger partial charge in [0.05, 0.1) is 27.2 Å². The van der Waals surface area contributed by atoms with Crippen LogP contribution in [0.25, 0.3) is 0 Å². The lowest BCUT2D eigenvalue weighted by molar-refractivity contribution is -0.177. The van der Waals surface area contributed by atoms with Gasteiger partial charge in [0.25, 0.3) is 11.8 Å². The second kappa shape index (κ2) is 18.5. The minimum Gasteiger partial charge on any atom is -0.493 e. The molecule has 0 aliphatic carbocycles. The van der Waals surface area contributed by atoms with Gasteiger partial charge in [0.15, 0.2) is 11.5 Å². The van der Waals surface area contributed by atoms with Crippen LogP contribution in [0.1, 0.15) is 70.4 Å². The number of carboxylic acids is 1. The lowest BCUT2D eigenvalue weighted by Gasteiger charge is -2.41. The first-order valence-corrected chi connectivity index (χ1v) is 17.1. The van der Waals surface area contributed by atoms with Crippen LogP contribution in [-0.2, 0) is 45.5 Å². The predicted molar refractivity (Wildman–Crippen MR) is 190 cm³/mol. The van der Waals surface area contributed by atoms with Gasteiger partial charge in [0.2, 0.25) is 0 Å². The van der Waals surface area contributed by atoms with E-state index in [0.717, 1.165) is 11.6 Å². The molecule has 1 fully saturated rings. The second-order valence-corrected chi connectivity index (χ2v) is 13.4. The Morgan fingerprint density at radius 3 is 2.38 bits per heavy atom. The summed E-state index contributed by atoms with van der Waals surface area (Å²) in [6.07, 6.45) is -0.735. The van der Waals surface area contributed by atoms with E-state index in [1.165, 1.54) is 19.1 Å². The van der Waals surface area contributed by atoms with Gasteiger partial charge in [-0.15, -0.1) is 0 Å². The highest BCUT2D eigenvalue weighted by Gasteiger charge is 2.44. The number of nitrogens with zero attached hydrogens (tertiary/aromatic N) is 1. The van der Waals surface area contributed by atoms with Crippen molar-refractivity contribution in [3.05, 3.63) is 66.2 Å². The standard InChI is InChI=1S/C38H50N2O12/c1-7-32(44)51-23-37(3,4)33(45)35(47)40-19-10-9-14-27(40)36(48)52-38(8-2,18-17-24-15-16-29(49-5)30(20-24)50-6)25-12-11-13-26(21-25)39-34(46)28(41)22-31(42)43/h7,11-13,15-16,20-21,27-28,33,41,45H,1,8-10,14,17-19,22-23H2,2-6H3,(H,39,46)(H,42,43)/t27-,28-,33?,38+/m0/s1. The molecule has 14 nitrogen and oxygen atoms in total. The summed E-state index contributed by atoms with van der Waals surface area (Å²) in [4.78, 5) is 64.6. The Balaban J connectivity index is 1.98. The molecule has 2 amide bonds. The number of hydrogen-bond donors (Lipinski definition) is 4. The van der Waals surface area contributed by atoms with Crippen LogP contribution in [0.5, 0.6) is 11.5 Å². The van der Waals surface area contributed by atoms with Crippen LogP contribution in [0.3, 0.4) is 0 Å². The number of carbonyl (C=O) groups is 5. The Hall–Kier alpha value is -4.95. The van der Waals surface area contributed by atoms with Gasteiger partial charge < -0.3 is 44.5 Å². The van der Waals surface area contributed by atoms with Crippen molar-refractivity contribution in [1.29, 1.82) is 0 Å². The molecular formula is C38H50N2O12. The molecule has 0 saturated carbocycles. The topological polar surface area (TPSA) is 198 Å². The van der Waals surface area contributed by atoms with E-state index in [-0.39, 0.29) is 38.1 Å². The molecule has 52 heavy (non-hydrogen) atoms. The number of piperidine rings is 1. The minimum absolute atomic E-state index is 0.198. The van der Waals surface area contributed by atoms with Crippen molar-refractivity contribution in [2.75, 3.05) is 32.7 Å². The van der Waals surface area contributed by atoms with Crippen molar-refractivity contribution in [3.63, 3.8) is 0 Å². The first-order chi connectivity index (χ1) is 24.6. The number of benzene rings is 2. The third kappa shape index (κ3) is 10.5. The number of rotatable bonds is 18. The molecule has 2 aromatic carbocycles. The molecule has 0 spiro atoms. The first-order valence-electron chi connectivity index (χ1n) is 17.1. The lowest BCUT2D eigenvalue weighted by atomic mass is 9.84. The van der Waals surface area contributed by atoms with Gasteiger partial charge in [-0.25, -0.2) is 9.59 Å².